The molecule has 3 N–H and O–H groups in total. The van der Waals surface area contributed by atoms with E-state index in [9.17, 15) is 14.3 Å². The Morgan fingerprint density at radius 3 is 1.67 bits per heavy atom. The lowest BCUT2D eigenvalue weighted by atomic mass is 10.1. The van der Waals surface area contributed by atoms with Gasteiger partial charge in [-0.3, -0.25) is 13.8 Å². The van der Waals surface area contributed by atoms with Crippen molar-refractivity contribution in [3.8, 4) is 0 Å². The Morgan fingerprint density at radius 2 is 1.10 bits per heavy atom. The first-order chi connectivity index (χ1) is 23.9. The molecule has 0 aliphatic rings. The molecule has 0 aliphatic carbocycles. The van der Waals surface area contributed by atoms with Crippen molar-refractivity contribution in [2.75, 3.05) is 33.0 Å². The van der Waals surface area contributed by atoms with Crippen LogP contribution < -0.4 is 5.73 Å². The molecule has 0 rings (SSSR count). The van der Waals surface area contributed by atoms with Crippen LogP contribution in [-0.2, 0) is 27.9 Å². The zero-order valence-electron chi connectivity index (χ0n) is 31.7. The van der Waals surface area contributed by atoms with Gasteiger partial charge in [0.2, 0.25) is 0 Å². The van der Waals surface area contributed by atoms with E-state index in [-0.39, 0.29) is 32.3 Å². The number of rotatable bonds is 38. The number of hydrogen-bond donors (Lipinski definition) is 2. The van der Waals surface area contributed by atoms with Crippen LogP contribution in [-0.4, -0.2) is 49.9 Å². The third-order valence-corrected chi connectivity index (χ3v) is 9.26. The maximum absolute atomic E-state index is 12.5. The SMILES string of the molecule is CCCC/C=C\CCCCCCCCOCC(COP(=O)(O)OCCN)OC(=O)CCCCCCCCC/C=C\C/C=C\CCCCCC. The molecular formula is C40H76NO7P. The van der Waals surface area contributed by atoms with Gasteiger partial charge in [-0.1, -0.05) is 140 Å². The second kappa shape index (κ2) is 38.0. The molecule has 9 heteroatoms. The second-order valence-electron chi connectivity index (χ2n) is 13.1. The van der Waals surface area contributed by atoms with Gasteiger partial charge in [0.15, 0.2) is 0 Å². The molecule has 288 valence electrons. The molecule has 0 aromatic rings. The molecule has 2 atom stereocenters. The summed E-state index contributed by atoms with van der Waals surface area (Å²) in [6, 6.07) is 0. The molecule has 0 bridgehead atoms. The zero-order valence-corrected chi connectivity index (χ0v) is 32.6. The molecule has 2 unspecified atom stereocenters. The monoisotopic (exact) mass is 714 g/mol. The smallest absolute Gasteiger partial charge is 0.457 e. The standard InChI is InChI=1S/C40H76NO7P/c1-3-5-7-9-11-13-15-17-18-19-20-21-22-23-25-27-29-31-33-40(42)48-39(38-47-49(43,44)46-36-34-41)37-45-35-32-30-28-26-24-16-14-12-10-8-6-4-2/h10,12-13,15,18-19,39H,3-9,11,14,16-17,20-38,41H2,1-2H3,(H,43,44)/b12-10-,15-13-,19-18-. The van der Waals surface area contributed by atoms with E-state index in [1.54, 1.807) is 0 Å². The summed E-state index contributed by atoms with van der Waals surface area (Å²) >= 11 is 0. The van der Waals surface area contributed by atoms with Gasteiger partial charge in [0.1, 0.15) is 6.10 Å². The minimum absolute atomic E-state index is 0.0975. The third-order valence-electron chi connectivity index (χ3n) is 8.28. The van der Waals surface area contributed by atoms with Crippen molar-refractivity contribution in [3.63, 3.8) is 0 Å². The minimum Gasteiger partial charge on any atom is -0.457 e. The van der Waals surface area contributed by atoms with Gasteiger partial charge in [0.25, 0.3) is 0 Å². The zero-order chi connectivity index (χ0) is 35.9. The van der Waals surface area contributed by atoms with Crippen LogP contribution in [0.1, 0.15) is 174 Å². The summed E-state index contributed by atoms with van der Waals surface area (Å²) in [6.07, 6.45) is 41.5. The van der Waals surface area contributed by atoms with Crippen molar-refractivity contribution < 1.29 is 32.8 Å². The van der Waals surface area contributed by atoms with E-state index >= 15 is 0 Å². The Balaban J connectivity index is 4.07. The first-order valence-corrected chi connectivity index (χ1v) is 21.5. The highest BCUT2D eigenvalue weighted by Crippen LogP contribution is 2.43. The largest absolute Gasteiger partial charge is 0.472 e. The first-order valence-electron chi connectivity index (χ1n) is 20.0. The van der Waals surface area contributed by atoms with Crippen LogP contribution in [0.4, 0.5) is 0 Å². The summed E-state index contributed by atoms with van der Waals surface area (Å²) in [7, 11) is -4.27. The molecule has 0 aromatic heterocycles. The molecule has 8 nitrogen and oxygen atoms in total. The van der Waals surface area contributed by atoms with Gasteiger partial charge in [0.05, 0.1) is 19.8 Å². The fraction of sp³-hybridized carbons (Fsp3) is 0.825. The summed E-state index contributed by atoms with van der Waals surface area (Å²) < 4.78 is 33.3. The van der Waals surface area contributed by atoms with Gasteiger partial charge >= 0.3 is 13.8 Å². The Morgan fingerprint density at radius 1 is 0.612 bits per heavy atom. The molecule has 0 aliphatic heterocycles. The molecule has 0 heterocycles. The van der Waals surface area contributed by atoms with Crippen LogP contribution in [0.25, 0.3) is 0 Å². The maximum atomic E-state index is 12.5. The number of phosphoric acid groups is 1. The average Bonchev–Trinajstić information content (AvgIpc) is 3.09. The lowest BCUT2D eigenvalue weighted by molar-refractivity contribution is -0.154. The van der Waals surface area contributed by atoms with E-state index in [1.165, 1.54) is 109 Å². The van der Waals surface area contributed by atoms with Crippen molar-refractivity contribution in [1.82, 2.24) is 0 Å². The molecule has 0 spiro atoms. The van der Waals surface area contributed by atoms with Crippen molar-refractivity contribution in [3.05, 3.63) is 36.5 Å². The van der Waals surface area contributed by atoms with Crippen LogP contribution in [0.2, 0.25) is 0 Å². The number of hydrogen-bond acceptors (Lipinski definition) is 7. The summed E-state index contributed by atoms with van der Waals surface area (Å²) in [4.78, 5) is 22.4. The normalized spacial score (nSPS) is 14.0. The van der Waals surface area contributed by atoms with Crippen molar-refractivity contribution >= 4 is 13.8 Å². The number of carbonyl (C=O) groups is 1. The number of esters is 1. The van der Waals surface area contributed by atoms with Crippen LogP contribution in [0, 0.1) is 0 Å². The Kier molecular flexibility index (Phi) is 37.0. The van der Waals surface area contributed by atoms with Crippen molar-refractivity contribution in [1.29, 1.82) is 0 Å². The van der Waals surface area contributed by atoms with E-state index in [1.807, 2.05) is 0 Å². The van der Waals surface area contributed by atoms with Gasteiger partial charge in [-0.05, 0) is 64.2 Å². The van der Waals surface area contributed by atoms with Gasteiger partial charge in [0, 0.05) is 19.6 Å². The fourth-order valence-electron chi connectivity index (χ4n) is 5.30. The summed E-state index contributed by atoms with van der Waals surface area (Å²) in [5.74, 6) is -0.341. The molecular weight excluding hydrogens is 637 g/mol. The third kappa shape index (κ3) is 37.8. The van der Waals surface area contributed by atoms with Crippen molar-refractivity contribution in [2.45, 2.75) is 180 Å². The van der Waals surface area contributed by atoms with E-state index in [2.05, 4.69) is 50.3 Å². The van der Waals surface area contributed by atoms with Gasteiger partial charge in [-0.25, -0.2) is 4.57 Å². The lowest BCUT2D eigenvalue weighted by Gasteiger charge is -2.20. The van der Waals surface area contributed by atoms with Gasteiger partial charge in [-0.2, -0.15) is 0 Å². The minimum atomic E-state index is -4.27. The topological polar surface area (TPSA) is 117 Å². The highest BCUT2D eigenvalue weighted by Gasteiger charge is 2.25. The molecule has 0 aromatic carbocycles. The predicted octanol–water partition coefficient (Wildman–Crippen LogP) is 11.5. The van der Waals surface area contributed by atoms with E-state index < -0.39 is 13.9 Å². The number of unbranched alkanes of at least 4 members (excludes halogenated alkanes) is 19. The molecule has 0 fully saturated rings. The highest BCUT2D eigenvalue weighted by atomic mass is 31.2. The van der Waals surface area contributed by atoms with E-state index in [0.29, 0.717) is 13.0 Å². The molecule has 49 heavy (non-hydrogen) atoms. The molecule has 0 radical (unpaired) electrons. The molecule has 0 saturated heterocycles. The fourth-order valence-corrected chi connectivity index (χ4v) is 6.07. The molecule has 0 amide bonds. The summed E-state index contributed by atoms with van der Waals surface area (Å²) in [5.41, 5.74) is 5.35. The van der Waals surface area contributed by atoms with Gasteiger partial charge in [-0.15, -0.1) is 0 Å². The second-order valence-corrected chi connectivity index (χ2v) is 14.6. The van der Waals surface area contributed by atoms with Crippen LogP contribution in [0.15, 0.2) is 36.5 Å². The quantitative estimate of drug-likeness (QED) is 0.0281. The number of nitrogens with two attached hydrogens (primary N) is 1. The van der Waals surface area contributed by atoms with Crippen LogP contribution in [0.5, 0.6) is 0 Å². The first kappa shape index (κ1) is 47.7. The average molecular weight is 714 g/mol. The number of phosphoric ester groups is 1. The van der Waals surface area contributed by atoms with Crippen LogP contribution >= 0.6 is 7.82 Å². The number of allylic oxidation sites excluding steroid dienone is 6. The summed E-state index contributed by atoms with van der Waals surface area (Å²) in [5, 5.41) is 0. The molecule has 0 saturated carbocycles. The van der Waals surface area contributed by atoms with Crippen LogP contribution in [0.3, 0.4) is 0 Å². The van der Waals surface area contributed by atoms with E-state index in [0.717, 1.165) is 44.9 Å². The predicted molar refractivity (Wildman–Crippen MR) is 206 cm³/mol. The Hall–Kier alpha value is -1.28. The Bertz CT molecular complexity index is 848. The summed E-state index contributed by atoms with van der Waals surface area (Å²) in [6.45, 7) is 4.85. The maximum Gasteiger partial charge on any atom is 0.472 e. The van der Waals surface area contributed by atoms with Gasteiger partial charge < -0.3 is 20.1 Å². The Labute approximate surface area is 301 Å². The van der Waals surface area contributed by atoms with Crippen molar-refractivity contribution in [2.24, 2.45) is 5.73 Å². The lowest BCUT2D eigenvalue weighted by Crippen LogP contribution is -2.28. The highest BCUT2D eigenvalue weighted by molar-refractivity contribution is 7.47. The number of ether oxygens (including phenoxy) is 2. The number of carbonyl (C=O) groups excluding carboxylic acids is 1. The van der Waals surface area contributed by atoms with E-state index in [4.69, 9.17) is 24.3 Å².